The summed E-state index contributed by atoms with van der Waals surface area (Å²) < 4.78 is 46.3. The van der Waals surface area contributed by atoms with Crippen LogP contribution in [0, 0.1) is 10.8 Å². The highest BCUT2D eigenvalue weighted by Crippen LogP contribution is 2.64. The van der Waals surface area contributed by atoms with Crippen molar-refractivity contribution in [2.45, 2.75) is 75.0 Å². The lowest BCUT2D eigenvalue weighted by Crippen LogP contribution is -2.93. The highest BCUT2D eigenvalue weighted by molar-refractivity contribution is 7.47. The second-order valence-corrected chi connectivity index (χ2v) is 12.6. The molecule has 5 saturated heterocycles. The van der Waals surface area contributed by atoms with Crippen molar-refractivity contribution in [1.29, 1.82) is 0 Å². The van der Waals surface area contributed by atoms with Gasteiger partial charge in [0.05, 0.1) is 36.1 Å². The van der Waals surface area contributed by atoms with Crippen LogP contribution in [-0.4, -0.2) is 137 Å². The first kappa shape index (κ1) is 28.9. The molecule has 6 rings (SSSR count). The SMILES string of the molecule is CO[C@@H]1[C@H](O)[C@H]2COP(=O)(O)O[C@H]3[C@H](OC)[C@@H](O[C@@H]3CO)N3C(=O)NC(=O)[C@@]4(C)[C@@H]3[C@H]3N(C(=O)NC(=O)[C@]34C)[C@@H]1O2. The molecule has 0 aromatic rings. The molecular weight excluding hydrogens is 575 g/mol. The van der Waals surface area contributed by atoms with Crippen LogP contribution in [0.25, 0.3) is 0 Å². The fourth-order valence-electron chi connectivity index (χ4n) is 7.28. The Labute approximate surface area is 232 Å². The molecule has 6 fully saturated rings. The van der Waals surface area contributed by atoms with Crippen LogP contribution < -0.4 is 10.6 Å². The minimum absolute atomic E-state index is 0.686. The van der Waals surface area contributed by atoms with Crippen LogP contribution in [0.5, 0.6) is 0 Å². The predicted molar refractivity (Wildman–Crippen MR) is 127 cm³/mol. The van der Waals surface area contributed by atoms with E-state index < -0.39 is 117 Å². The summed E-state index contributed by atoms with van der Waals surface area (Å²) in [5.41, 5.74) is -3.27. The molecule has 5 heterocycles. The molecule has 0 spiro atoms. The number of nitrogens with one attached hydrogen (secondary N) is 2. The third-order valence-corrected chi connectivity index (χ3v) is 10.5. The molecule has 5 N–H and O–H groups in total. The monoisotopic (exact) mass is 606 g/mol. The Kier molecular flexibility index (Phi) is 6.60. The third-order valence-electron chi connectivity index (χ3n) is 9.54. The Morgan fingerprint density at radius 3 is 1.95 bits per heavy atom. The fraction of sp³-hybridized carbons (Fsp3) is 0.818. The van der Waals surface area contributed by atoms with Gasteiger partial charge in [0.2, 0.25) is 11.8 Å². The summed E-state index contributed by atoms with van der Waals surface area (Å²) in [6.07, 6.45) is -10.9. The minimum atomic E-state index is -4.94. The molecule has 18 nitrogen and oxygen atoms in total. The van der Waals surface area contributed by atoms with Gasteiger partial charge in [-0.2, -0.15) is 0 Å². The molecule has 4 bridgehead atoms. The zero-order valence-electron chi connectivity index (χ0n) is 22.4. The number of methoxy groups -OCH3 is 2. The molecule has 19 heteroatoms. The smallest absolute Gasteiger partial charge is 0.394 e. The number of carbonyl (C=O) groups excluding carboxylic acids is 4. The summed E-state index contributed by atoms with van der Waals surface area (Å²) in [7, 11) is -2.48. The number of fused-ring (bicyclic) bond motifs is 7. The van der Waals surface area contributed by atoms with Gasteiger partial charge >= 0.3 is 19.9 Å². The summed E-state index contributed by atoms with van der Waals surface area (Å²) >= 11 is 0. The van der Waals surface area contributed by atoms with Gasteiger partial charge in [0.15, 0.2) is 12.5 Å². The Morgan fingerprint density at radius 2 is 1.46 bits per heavy atom. The maximum Gasteiger partial charge on any atom is 0.472 e. The highest BCUT2D eigenvalue weighted by atomic mass is 31.2. The van der Waals surface area contributed by atoms with Gasteiger partial charge in [0.1, 0.15) is 36.6 Å². The van der Waals surface area contributed by atoms with Crippen LogP contribution in [0.4, 0.5) is 9.59 Å². The number of aliphatic hydroxyl groups excluding tert-OH is 2. The molecule has 13 atom stereocenters. The number of phosphoric ester groups is 1. The van der Waals surface area contributed by atoms with Crippen molar-refractivity contribution in [2.24, 2.45) is 10.8 Å². The minimum Gasteiger partial charge on any atom is -0.394 e. The average molecular weight is 606 g/mol. The van der Waals surface area contributed by atoms with Crippen LogP contribution in [0.1, 0.15) is 13.8 Å². The predicted octanol–water partition coefficient (Wildman–Crippen LogP) is -2.80. The van der Waals surface area contributed by atoms with E-state index in [-0.39, 0.29) is 0 Å². The highest BCUT2D eigenvalue weighted by Gasteiger charge is 2.83. The zero-order valence-corrected chi connectivity index (χ0v) is 23.3. The fourth-order valence-corrected chi connectivity index (χ4v) is 8.24. The normalized spacial score (nSPS) is 51.0. The molecule has 6 amide bonds. The summed E-state index contributed by atoms with van der Waals surface area (Å²) in [5, 5.41) is 25.5. The molecule has 0 radical (unpaired) electrons. The van der Waals surface area contributed by atoms with E-state index in [1.54, 1.807) is 0 Å². The number of phosphoric acid groups is 1. The lowest BCUT2D eigenvalue weighted by molar-refractivity contribution is -0.251. The number of urea groups is 2. The van der Waals surface area contributed by atoms with Gasteiger partial charge in [-0.1, -0.05) is 0 Å². The number of hydrogen-bond acceptors (Lipinski definition) is 13. The zero-order chi connectivity index (χ0) is 29.8. The van der Waals surface area contributed by atoms with Gasteiger partial charge in [0.25, 0.3) is 0 Å². The second-order valence-electron chi connectivity index (χ2n) is 11.2. The maximum atomic E-state index is 13.5. The average Bonchev–Trinajstić information content (AvgIpc) is 3.41. The molecule has 0 aromatic heterocycles. The number of amides is 6. The molecule has 6 aliphatic rings. The van der Waals surface area contributed by atoms with Crippen molar-refractivity contribution in [3.8, 4) is 0 Å². The lowest BCUT2D eigenvalue weighted by Gasteiger charge is -2.72. The first-order valence-electron chi connectivity index (χ1n) is 12.9. The number of ether oxygens (including phenoxy) is 4. The number of rotatable bonds is 3. The number of carbonyl (C=O) groups is 4. The van der Waals surface area contributed by atoms with E-state index in [0.29, 0.717) is 0 Å². The standard InChI is InChI=1S/C22H31N4O14P/c1-21-13-14-22(21,2)18(30)24-20(32)26(14)16-12(36-4)10(7(5-27)38-16)40-41(33,34)37-6-8-9(28)11(35-3)15(39-8)25(13)19(31)23-17(21)29/h7-16,27-28H,5-6H2,1-4H3,(H,33,34)(H,23,29,31)(H,24,30,32)/t7-,8-,9-,10-,11-,12+,13-,14+,15-,16-,21+,22-/m1/s1. The quantitative estimate of drug-likeness (QED) is 0.204. The number of nitrogens with zero attached hydrogens (tertiary/aromatic N) is 2. The number of aliphatic hydroxyl groups is 2. The lowest BCUT2D eigenvalue weighted by atomic mass is 9.42. The Balaban J connectivity index is 1.55. The summed E-state index contributed by atoms with van der Waals surface area (Å²) in [5.74, 6) is -1.56. The number of hydrogen-bond donors (Lipinski definition) is 5. The molecule has 0 aromatic carbocycles. The van der Waals surface area contributed by atoms with Crippen molar-refractivity contribution in [3.63, 3.8) is 0 Å². The third kappa shape index (κ3) is 3.60. The van der Waals surface area contributed by atoms with E-state index in [9.17, 15) is 38.8 Å². The van der Waals surface area contributed by atoms with Crippen molar-refractivity contribution in [1.82, 2.24) is 20.4 Å². The summed E-state index contributed by atoms with van der Waals surface area (Å²) in [6, 6.07) is -4.35. The van der Waals surface area contributed by atoms with Crippen LogP contribution >= 0.6 is 7.82 Å². The first-order valence-corrected chi connectivity index (χ1v) is 14.3. The van der Waals surface area contributed by atoms with Gasteiger partial charge in [-0.05, 0) is 13.8 Å². The van der Waals surface area contributed by atoms with E-state index in [0.717, 1.165) is 9.80 Å². The Bertz CT molecular complexity index is 1240. The van der Waals surface area contributed by atoms with Gasteiger partial charge in [-0.15, -0.1) is 0 Å². The van der Waals surface area contributed by atoms with Gasteiger partial charge in [-0.25, -0.2) is 14.2 Å². The molecule has 228 valence electrons. The van der Waals surface area contributed by atoms with E-state index in [1.807, 2.05) is 0 Å². The molecule has 5 aliphatic heterocycles. The van der Waals surface area contributed by atoms with Gasteiger partial charge in [-0.3, -0.25) is 39.1 Å². The maximum absolute atomic E-state index is 13.5. The van der Waals surface area contributed by atoms with Crippen molar-refractivity contribution >= 4 is 31.7 Å². The van der Waals surface area contributed by atoms with E-state index in [2.05, 4.69) is 10.6 Å². The van der Waals surface area contributed by atoms with Crippen molar-refractivity contribution < 1.29 is 66.8 Å². The summed E-state index contributed by atoms with van der Waals surface area (Å²) in [4.78, 5) is 66.6. The molecule has 1 aliphatic carbocycles. The van der Waals surface area contributed by atoms with E-state index in [1.165, 1.54) is 28.1 Å². The van der Waals surface area contributed by atoms with Gasteiger partial charge in [0, 0.05) is 14.2 Å². The van der Waals surface area contributed by atoms with E-state index in [4.69, 9.17) is 28.0 Å². The van der Waals surface area contributed by atoms with E-state index >= 15 is 0 Å². The molecule has 1 unspecified atom stereocenters. The Hall–Kier alpha value is -2.25. The number of imide groups is 2. The van der Waals surface area contributed by atoms with Crippen LogP contribution in [0.15, 0.2) is 0 Å². The molecule has 1 saturated carbocycles. The van der Waals surface area contributed by atoms with Crippen LogP contribution in [0.2, 0.25) is 0 Å². The van der Waals surface area contributed by atoms with Crippen LogP contribution in [-0.2, 0) is 42.1 Å². The van der Waals surface area contributed by atoms with Crippen molar-refractivity contribution in [2.75, 3.05) is 27.4 Å². The topological polar surface area (TPSA) is 232 Å². The Morgan fingerprint density at radius 1 is 0.951 bits per heavy atom. The van der Waals surface area contributed by atoms with Crippen molar-refractivity contribution in [3.05, 3.63) is 0 Å². The molecule has 41 heavy (non-hydrogen) atoms. The van der Waals surface area contributed by atoms with Gasteiger partial charge < -0.3 is 34.1 Å². The first-order chi connectivity index (χ1) is 19.3. The second kappa shape index (κ2) is 9.37. The molecular formula is C22H31N4O14P. The summed E-state index contributed by atoms with van der Waals surface area (Å²) in [6.45, 7) is 1.52. The largest absolute Gasteiger partial charge is 0.472 e. The van der Waals surface area contributed by atoms with Crippen LogP contribution in [0.3, 0.4) is 0 Å².